The predicted octanol–water partition coefficient (Wildman–Crippen LogP) is 7.27. The fraction of sp³-hybridized carbons (Fsp3) is 0.0333. The molecule has 4 aromatic carbocycles. The number of nitrogens with zero attached hydrogens (tertiary/aromatic N) is 1. The van der Waals surface area contributed by atoms with Crippen LogP contribution in [0, 0.1) is 11.3 Å². The number of rotatable bonds is 5. The normalized spacial score (nSPS) is 11.8. The van der Waals surface area contributed by atoms with Gasteiger partial charge in [0.15, 0.2) is 0 Å². The van der Waals surface area contributed by atoms with E-state index in [0.29, 0.717) is 10.9 Å². The second kappa shape index (κ2) is 10.2. The van der Waals surface area contributed by atoms with E-state index in [4.69, 9.17) is 13.9 Å². The molecule has 0 saturated heterocycles. The van der Waals surface area contributed by atoms with Gasteiger partial charge in [-0.1, -0.05) is 60.7 Å². The molecule has 0 amide bonds. The fourth-order valence-corrected chi connectivity index (χ4v) is 3.86. The number of nitriles is 1. The third kappa shape index (κ3) is 5.36. The molecule has 0 N–H and O–H groups in total. The molecule has 0 atom stereocenters. The Morgan fingerprint density at radius 3 is 2.28 bits per heavy atom. The highest BCUT2D eigenvalue weighted by atomic mass is 19.4. The minimum absolute atomic E-state index is 0.0191. The molecular weight excluding hydrogens is 511 g/mol. The highest BCUT2D eigenvalue weighted by Crippen LogP contribution is 2.39. The quantitative estimate of drug-likeness (QED) is 0.103. The van der Waals surface area contributed by atoms with Gasteiger partial charge in [0, 0.05) is 6.07 Å². The summed E-state index contributed by atoms with van der Waals surface area (Å²) in [5.41, 5.74) is -1.30. The second-order valence-electron chi connectivity index (χ2n) is 8.33. The van der Waals surface area contributed by atoms with Crippen molar-refractivity contribution in [3.05, 3.63) is 118 Å². The van der Waals surface area contributed by atoms with Crippen molar-refractivity contribution in [1.29, 1.82) is 5.26 Å². The molecule has 192 valence electrons. The highest BCUT2D eigenvalue weighted by Gasteiger charge is 2.40. The number of carbonyl (C=O) groups is 1. The smallest absolute Gasteiger partial charge is 0.449 e. The van der Waals surface area contributed by atoms with Crippen LogP contribution in [0.3, 0.4) is 0 Å². The summed E-state index contributed by atoms with van der Waals surface area (Å²) in [5.74, 6) is -3.90. The molecule has 0 bridgehead atoms. The van der Waals surface area contributed by atoms with Crippen LogP contribution in [0.4, 0.5) is 13.2 Å². The van der Waals surface area contributed by atoms with Crippen molar-refractivity contribution in [3.8, 4) is 23.3 Å². The van der Waals surface area contributed by atoms with Crippen molar-refractivity contribution in [1.82, 2.24) is 0 Å². The van der Waals surface area contributed by atoms with Gasteiger partial charge in [0.1, 0.15) is 28.7 Å². The summed E-state index contributed by atoms with van der Waals surface area (Å²) in [6.45, 7) is 0. The van der Waals surface area contributed by atoms with E-state index in [1.54, 1.807) is 54.6 Å². The van der Waals surface area contributed by atoms with Gasteiger partial charge in [-0.3, -0.25) is 4.79 Å². The maximum absolute atomic E-state index is 13.9. The van der Waals surface area contributed by atoms with Crippen molar-refractivity contribution in [2.75, 3.05) is 0 Å². The van der Waals surface area contributed by atoms with Crippen molar-refractivity contribution < 1.29 is 31.9 Å². The summed E-state index contributed by atoms with van der Waals surface area (Å²) >= 11 is 0. The van der Waals surface area contributed by atoms with Crippen LogP contribution in [0.2, 0.25) is 0 Å². The van der Waals surface area contributed by atoms with Gasteiger partial charge in [-0.05, 0) is 46.7 Å². The van der Waals surface area contributed by atoms with E-state index in [-0.39, 0.29) is 22.5 Å². The summed E-state index contributed by atoms with van der Waals surface area (Å²) < 4.78 is 57.5. The molecule has 5 aromatic rings. The molecule has 0 unspecified atom stereocenters. The second-order valence-corrected chi connectivity index (χ2v) is 8.33. The van der Waals surface area contributed by atoms with Crippen molar-refractivity contribution >= 4 is 33.8 Å². The lowest BCUT2D eigenvalue weighted by Gasteiger charge is -2.14. The van der Waals surface area contributed by atoms with Crippen LogP contribution in [0.1, 0.15) is 11.3 Å². The Hall–Kier alpha value is -5.36. The first-order valence-corrected chi connectivity index (χ1v) is 11.5. The largest absolute Gasteiger partial charge is 0.453 e. The summed E-state index contributed by atoms with van der Waals surface area (Å²) in [5, 5.41) is 10.7. The molecule has 6 nitrogen and oxygen atoms in total. The minimum Gasteiger partial charge on any atom is -0.449 e. The first kappa shape index (κ1) is 25.3. The van der Waals surface area contributed by atoms with Crippen molar-refractivity contribution in [2.45, 2.75) is 6.18 Å². The molecule has 0 aliphatic carbocycles. The van der Waals surface area contributed by atoms with E-state index in [1.807, 2.05) is 12.1 Å². The van der Waals surface area contributed by atoms with Crippen LogP contribution in [-0.4, -0.2) is 5.97 Å². The van der Waals surface area contributed by atoms with Gasteiger partial charge in [-0.15, -0.1) is 0 Å². The molecule has 0 fully saturated rings. The molecule has 0 aliphatic rings. The van der Waals surface area contributed by atoms with Gasteiger partial charge in [-0.25, -0.2) is 4.79 Å². The van der Waals surface area contributed by atoms with Gasteiger partial charge in [0.05, 0.1) is 5.39 Å². The molecule has 9 heteroatoms. The molecule has 1 heterocycles. The van der Waals surface area contributed by atoms with E-state index in [0.717, 1.165) is 17.5 Å². The number of hydrogen-bond donors (Lipinski definition) is 0. The first-order valence-electron chi connectivity index (χ1n) is 11.5. The van der Waals surface area contributed by atoms with E-state index in [9.17, 15) is 28.0 Å². The van der Waals surface area contributed by atoms with E-state index in [1.165, 1.54) is 24.3 Å². The van der Waals surface area contributed by atoms with Crippen LogP contribution in [0.5, 0.6) is 17.2 Å². The Kier molecular flexibility index (Phi) is 6.61. The Balaban J connectivity index is 1.51. The maximum atomic E-state index is 13.9. The lowest BCUT2D eigenvalue weighted by molar-refractivity contribution is -0.154. The molecule has 5 rings (SSSR count). The maximum Gasteiger partial charge on any atom is 0.453 e. The molecule has 0 aliphatic heterocycles. The van der Waals surface area contributed by atoms with Crippen LogP contribution < -0.4 is 14.9 Å². The standard InChI is InChI=1S/C30H16F3NO5/c31-30(32,33)28-27(37-22-11-10-19-8-4-5-9-20(19)15-22)26(35)24-13-12-23(16-25(24)39-28)38-29(36)21(17-34)14-18-6-2-1-3-7-18/h1-16H/b21-14+. The van der Waals surface area contributed by atoms with E-state index in [2.05, 4.69) is 0 Å². The number of hydrogen-bond acceptors (Lipinski definition) is 6. The summed E-state index contributed by atoms with van der Waals surface area (Å²) in [6.07, 6.45) is -3.76. The monoisotopic (exact) mass is 527 g/mol. The number of benzene rings is 4. The van der Waals surface area contributed by atoms with Gasteiger partial charge in [0.2, 0.25) is 11.2 Å². The third-order valence-corrected chi connectivity index (χ3v) is 5.68. The van der Waals surface area contributed by atoms with Gasteiger partial charge < -0.3 is 13.9 Å². The van der Waals surface area contributed by atoms with Crippen LogP contribution >= 0.6 is 0 Å². The average Bonchev–Trinajstić information content (AvgIpc) is 2.93. The summed E-state index contributed by atoms with van der Waals surface area (Å²) in [7, 11) is 0. The Morgan fingerprint density at radius 1 is 0.872 bits per heavy atom. The van der Waals surface area contributed by atoms with E-state index >= 15 is 0 Å². The Labute approximate surface area is 218 Å². The fourth-order valence-electron chi connectivity index (χ4n) is 3.86. The van der Waals surface area contributed by atoms with Gasteiger partial charge in [0.25, 0.3) is 5.76 Å². The Bertz CT molecular complexity index is 1850. The Morgan fingerprint density at radius 2 is 1.56 bits per heavy atom. The number of carbonyl (C=O) groups excluding carboxylic acids is 1. The highest BCUT2D eigenvalue weighted by molar-refractivity contribution is 5.99. The molecule has 1 aromatic heterocycles. The number of esters is 1. The number of ether oxygens (including phenoxy) is 2. The predicted molar refractivity (Wildman–Crippen MR) is 137 cm³/mol. The van der Waals surface area contributed by atoms with Gasteiger partial charge in [-0.2, -0.15) is 18.4 Å². The van der Waals surface area contributed by atoms with E-state index < -0.39 is 34.7 Å². The molecule has 39 heavy (non-hydrogen) atoms. The SMILES string of the molecule is N#C/C(=C\c1ccccc1)C(=O)Oc1ccc2c(=O)c(Oc3ccc4ccccc4c3)c(C(F)(F)F)oc2c1. The zero-order chi connectivity index (χ0) is 27.6. The summed E-state index contributed by atoms with van der Waals surface area (Å²) in [4.78, 5) is 25.6. The van der Waals surface area contributed by atoms with Crippen LogP contribution in [0.15, 0.2) is 106 Å². The lowest BCUT2D eigenvalue weighted by atomic mass is 10.1. The minimum atomic E-state index is -5.07. The van der Waals surface area contributed by atoms with Crippen molar-refractivity contribution in [3.63, 3.8) is 0 Å². The van der Waals surface area contributed by atoms with Gasteiger partial charge >= 0.3 is 12.1 Å². The average molecular weight is 527 g/mol. The number of alkyl halides is 3. The van der Waals surface area contributed by atoms with Crippen molar-refractivity contribution in [2.24, 2.45) is 0 Å². The zero-order valence-corrected chi connectivity index (χ0v) is 19.9. The topological polar surface area (TPSA) is 89.5 Å². The number of fused-ring (bicyclic) bond motifs is 2. The van der Waals surface area contributed by atoms with Crippen LogP contribution in [0.25, 0.3) is 27.8 Å². The summed E-state index contributed by atoms with van der Waals surface area (Å²) in [6, 6.07) is 25.4. The zero-order valence-electron chi connectivity index (χ0n) is 19.9. The molecule has 0 saturated carbocycles. The first-order chi connectivity index (χ1) is 18.7. The van der Waals surface area contributed by atoms with Crippen LogP contribution in [-0.2, 0) is 11.0 Å². The molecule has 0 radical (unpaired) electrons. The molecule has 0 spiro atoms. The lowest BCUT2D eigenvalue weighted by Crippen LogP contribution is -2.16. The third-order valence-electron chi connectivity index (χ3n) is 5.68. The molecular formula is C30H16F3NO5. The number of halogens is 3.